The number of fused-ring (bicyclic) bond motifs is 1. The van der Waals surface area contributed by atoms with Gasteiger partial charge in [0.1, 0.15) is 0 Å². The monoisotopic (exact) mass is 280 g/mol. The lowest BCUT2D eigenvalue weighted by Gasteiger charge is -2.41. The van der Waals surface area contributed by atoms with Gasteiger partial charge in [0, 0.05) is 0 Å². The van der Waals surface area contributed by atoms with E-state index in [9.17, 15) is 10.2 Å². The molecule has 0 radical (unpaired) electrons. The number of aliphatic hydroxyl groups excluding tert-OH is 1. The predicted octanol–water partition coefficient (Wildman–Crippen LogP) is 4.21. The summed E-state index contributed by atoms with van der Waals surface area (Å²) in [6.07, 6.45) is 8.66. The van der Waals surface area contributed by atoms with Gasteiger partial charge in [-0.05, 0) is 83.5 Å². The molecule has 116 valence electrons. The van der Waals surface area contributed by atoms with E-state index in [1.807, 2.05) is 13.8 Å². The second kappa shape index (κ2) is 5.81. The van der Waals surface area contributed by atoms with E-state index in [4.69, 9.17) is 0 Å². The molecular weight excluding hydrogens is 248 g/mol. The Balaban J connectivity index is 2.05. The average Bonchev–Trinajstić information content (AvgIpc) is 2.66. The lowest BCUT2D eigenvalue weighted by atomic mass is 9.65. The van der Waals surface area contributed by atoms with Crippen LogP contribution in [0.4, 0.5) is 0 Å². The number of hydrogen-bond acceptors (Lipinski definition) is 2. The highest BCUT2D eigenvalue weighted by Crippen LogP contribution is 2.56. The molecule has 3 atom stereocenters. The summed E-state index contributed by atoms with van der Waals surface area (Å²) in [5.74, 6) is 0.482. The van der Waals surface area contributed by atoms with Crippen LogP contribution in [0.3, 0.4) is 0 Å². The van der Waals surface area contributed by atoms with Crippen LogP contribution in [-0.4, -0.2) is 21.9 Å². The van der Waals surface area contributed by atoms with Crippen molar-refractivity contribution in [2.75, 3.05) is 0 Å². The van der Waals surface area contributed by atoms with Crippen LogP contribution >= 0.6 is 0 Å². The first-order valence-corrected chi connectivity index (χ1v) is 8.33. The van der Waals surface area contributed by atoms with Gasteiger partial charge < -0.3 is 10.2 Å². The Morgan fingerprint density at radius 3 is 2.70 bits per heavy atom. The number of allylic oxidation sites excluding steroid dienone is 2. The van der Waals surface area contributed by atoms with Crippen molar-refractivity contribution in [3.05, 3.63) is 11.1 Å². The maximum absolute atomic E-state index is 10.3. The molecule has 2 nitrogen and oxygen atoms in total. The van der Waals surface area contributed by atoms with E-state index in [1.54, 1.807) is 5.57 Å². The molecule has 0 heterocycles. The molecule has 0 spiro atoms. The standard InChI is InChI=1S/C18H32O2/c1-13(7-5-11-17(2,3)20)14-9-10-15-16(19)8-6-12-18(14,15)4/h15-16,19-20H,5-12H2,1-4H3/b14-13+/t15-,16-,18+/m0/s1. The van der Waals surface area contributed by atoms with Gasteiger partial charge in [0.2, 0.25) is 0 Å². The molecule has 2 aliphatic carbocycles. The molecule has 2 saturated carbocycles. The van der Waals surface area contributed by atoms with Gasteiger partial charge in [-0.15, -0.1) is 0 Å². The zero-order valence-corrected chi connectivity index (χ0v) is 13.7. The Morgan fingerprint density at radius 2 is 2.05 bits per heavy atom. The predicted molar refractivity (Wildman–Crippen MR) is 83.5 cm³/mol. The lowest BCUT2D eigenvalue weighted by Crippen LogP contribution is -2.37. The molecule has 2 aliphatic rings. The van der Waals surface area contributed by atoms with E-state index >= 15 is 0 Å². The fourth-order valence-corrected chi connectivity index (χ4v) is 4.60. The second-order valence-electron chi connectivity index (χ2n) is 7.95. The highest BCUT2D eigenvalue weighted by Gasteiger charge is 2.48. The topological polar surface area (TPSA) is 40.5 Å². The molecule has 20 heavy (non-hydrogen) atoms. The summed E-state index contributed by atoms with van der Waals surface area (Å²) in [5.41, 5.74) is 2.84. The lowest BCUT2D eigenvalue weighted by molar-refractivity contribution is 0.0145. The van der Waals surface area contributed by atoms with Crippen molar-refractivity contribution < 1.29 is 10.2 Å². The minimum absolute atomic E-state index is 0.0876. The molecule has 0 saturated heterocycles. The van der Waals surface area contributed by atoms with Crippen LogP contribution in [0.15, 0.2) is 11.1 Å². The van der Waals surface area contributed by atoms with E-state index in [2.05, 4.69) is 13.8 Å². The molecule has 0 aromatic rings. The van der Waals surface area contributed by atoms with Crippen LogP contribution in [0.1, 0.15) is 79.1 Å². The summed E-state index contributed by atoms with van der Waals surface area (Å²) in [4.78, 5) is 0. The van der Waals surface area contributed by atoms with Gasteiger partial charge in [0.25, 0.3) is 0 Å². The van der Waals surface area contributed by atoms with Gasteiger partial charge in [-0.1, -0.05) is 18.1 Å². The van der Waals surface area contributed by atoms with Gasteiger partial charge in [-0.25, -0.2) is 0 Å². The van der Waals surface area contributed by atoms with Crippen LogP contribution in [0.5, 0.6) is 0 Å². The van der Waals surface area contributed by atoms with Gasteiger partial charge in [-0.2, -0.15) is 0 Å². The SMILES string of the molecule is C/C(CCCC(C)(C)O)=C1/CC[C@H]2[C@@H](O)CCC[C@]12C. The molecular formula is C18H32O2. The van der Waals surface area contributed by atoms with Crippen molar-refractivity contribution in [3.8, 4) is 0 Å². The van der Waals surface area contributed by atoms with Gasteiger partial charge >= 0.3 is 0 Å². The van der Waals surface area contributed by atoms with Crippen molar-refractivity contribution in [3.63, 3.8) is 0 Å². The minimum atomic E-state index is -0.548. The van der Waals surface area contributed by atoms with Crippen molar-refractivity contribution in [1.29, 1.82) is 0 Å². The van der Waals surface area contributed by atoms with Crippen LogP contribution in [0.25, 0.3) is 0 Å². The second-order valence-corrected chi connectivity index (χ2v) is 7.95. The third-order valence-corrected chi connectivity index (χ3v) is 5.73. The Morgan fingerprint density at radius 1 is 1.35 bits per heavy atom. The highest BCUT2D eigenvalue weighted by atomic mass is 16.3. The largest absolute Gasteiger partial charge is 0.393 e. The molecule has 2 fully saturated rings. The Kier molecular flexibility index (Phi) is 4.66. The van der Waals surface area contributed by atoms with E-state index in [1.165, 1.54) is 18.4 Å². The van der Waals surface area contributed by atoms with Crippen LogP contribution in [0, 0.1) is 11.3 Å². The Hall–Kier alpha value is -0.340. The number of hydrogen-bond donors (Lipinski definition) is 2. The van der Waals surface area contributed by atoms with Gasteiger partial charge in [0.05, 0.1) is 11.7 Å². The van der Waals surface area contributed by atoms with Crippen molar-refractivity contribution >= 4 is 0 Å². The number of rotatable bonds is 4. The highest BCUT2D eigenvalue weighted by molar-refractivity contribution is 5.27. The maximum atomic E-state index is 10.3. The van der Waals surface area contributed by atoms with Gasteiger partial charge in [0.15, 0.2) is 0 Å². The van der Waals surface area contributed by atoms with Gasteiger partial charge in [-0.3, -0.25) is 0 Å². The molecule has 2 heteroatoms. The van der Waals surface area contributed by atoms with E-state index < -0.39 is 5.60 Å². The molecule has 0 aromatic heterocycles. The first-order valence-electron chi connectivity index (χ1n) is 8.33. The third-order valence-electron chi connectivity index (χ3n) is 5.73. The van der Waals surface area contributed by atoms with E-state index in [0.29, 0.717) is 5.92 Å². The third kappa shape index (κ3) is 3.28. The van der Waals surface area contributed by atoms with Crippen LogP contribution in [-0.2, 0) is 0 Å². The molecule has 2 N–H and O–H groups in total. The van der Waals surface area contributed by atoms with Crippen LogP contribution < -0.4 is 0 Å². The zero-order valence-electron chi connectivity index (χ0n) is 13.7. The minimum Gasteiger partial charge on any atom is -0.393 e. The van der Waals surface area contributed by atoms with Crippen molar-refractivity contribution in [1.82, 2.24) is 0 Å². The Bertz CT molecular complexity index is 377. The summed E-state index contributed by atoms with van der Waals surface area (Å²) in [6, 6.07) is 0. The summed E-state index contributed by atoms with van der Waals surface area (Å²) >= 11 is 0. The molecule has 0 unspecified atom stereocenters. The smallest absolute Gasteiger partial charge is 0.0591 e. The zero-order chi connectivity index (χ0) is 15.0. The molecule has 0 aromatic carbocycles. The Labute approximate surface area is 124 Å². The molecule has 0 aliphatic heterocycles. The summed E-state index contributed by atoms with van der Waals surface area (Å²) in [6.45, 7) is 8.43. The van der Waals surface area contributed by atoms with Crippen LogP contribution in [0.2, 0.25) is 0 Å². The normalized spacial score (nSPS) is 36.9. The maximum Gasteiger partial charge on any atom is 0.0591 e. The van der Waals surface area contributed by atoms with Crippen molar-refractivity contribution in [2.24, 2.45) is 11.3 Å². The molecule has 0 bridgehead atoms. The summed E-state index contributed by atoms with van der Waals surface area (Å²) in [7, 11) is 0. The molecule has 0 amide bonds. The summed E-state index contributed by atoms with van der Waals surface area (Å²) in [5, 5.41) is 20.1. The fourth-order valence-electron chi connectivity index (χ4n) is 4.60. The first-order chi connectivity index (χ1) is 9.24. The number of aliphatic hydroxyl groups is 2. The molecule has 2 rings (SSSR count). The average molecular weight is 280 g/mol. The summed E-state index contributed by atoms with van der Waals surface area (Å²) < 4.78 is 0. The van der Waals surface area contributed by atoms with E-state index in [-0.39, 0.29) is 11.5 Å². The quantitative estimate of drug-likeness (QED) is 0.757. The first kappa shape index (κ1) is 16.0. The fraction of sp³-hybridized carbons (Fsp3) is 0.889. The van der Waals surface area contributed by atoms with E-state index in [0.717, 1.165) is 38.5 Å². The van der Waals surface area contributed by atoms with Crippen molar-refractivity contribution in [2.45, 2.75) is 90.8 Å².